The Morgan fingerprint density at radius 2 is 2.45 bits per heavy atom. The summed E-state index contributed by atoms with van der Waals surface area (Å²) in [5.74, 6) is 0.844. The Kier molecular flexibility index (Phi) is 5.60. The molecule has 108 valence electrons. The molecule has 5 nitrogen and oxygen atoms in total. The molecule has 0 radical (unpaired) electrons. The number of nitrogens with zero attached hydrogens (tertiary/aromatic N) is 3. The van der Waals surface area contributed by atoms with Crippen LogP contribution in [0.5, 0.6) is 0 Å². The highest BCUT2D eigenvalue weighted by atomic mass is 35.5. The number of pyridine rings is 1. The first kappa shape index (κ1) is 15.0. The molecule has 20 heavy (non-hydrogen) atoms. The van der Waals surface area contributed by atoms with Crippen molar-refractivity contribution in [3.8, 4) is 6.07 Å². The van der Waals surface area contributed by atoms with Gasteiger partial charge in [0.2, 0.25) is 0 Å². The lowest BCUT2D eigenvalue weighted by molar-refractivity contribution is -0.00309. The fourth-order valence-electron chi connectivity index (χ4n) is 2.08. The molecule has 0 spiro atoms. The fraction of sp³-hybridized carbons (Fsp3) is 0.571. The predicted octanol–water partition coefficient (Wildman–Crippen LogP) is 2.28. The molecule has 0 aliphatic carbocycles. The minimum absolute atomic E-state index is 0.357. The van der Waals surface area contributed by atoms with Gasteiger partial charge < -0.3 is 10.1 Å². The van der Waals surface area contributed by atoms with Crippen LogP contribution in [0.15, 0.2) is 12.1 Å². The van der Waals surface area contributed by atoms with Gasteiger partial charge >= 0.3 is 0 Å². The standard InChI is InChI=1S/C14H19ClN4O/c1-2-5-17-14-4-3-12(15)13(18-14)10-19-6-7-20-11(8-16)9-19/h3-4,11H,2,5-7,9-10H2,1H3,(H,17,18). The summed E-state index contributed by atoms with van der Waals surface area (Å²) in [6.07, 6.45) is 0.691. The van der Waals surface area contributed by atoms with E-state index in [4.69, 9.17) is 21.6 Å². The zero-order valence-electron chi connectivity index (χ0n) is 11.6. The molecule has 1 N–H and O–H groups in total. The molecule has 0 amide bonds. The van der Waals surface area contributed by atoms with Crippen molar-refractivity contribution in [2.45, 2.75) is 26.0 Å². The predicted molar refractivity (Wildman–Crippen MR) is 78.7 cm³/mol. The van der Waals surface area contributed by atoms with Crippen LogP contribution < -0.4 is 5.32 Å². The molecule has 6 heteroatoms. The van der Waals surface area contributed by atoms with Crippen LogP contribution in [0, 0.1) is 11.3 Å². The number of nitriles is 1. The average Bonchev–Trinajstić information content (AvgIpc) is 2.48. The van der Waals surface area contributed by atoms with Gasteiger partial charge in [-0.2, -0.15) is 5.26 Å². The minimum Gasteiger partial charge on any atom is -0.370 e. The SMILES string of the molecule is CCCNc1ccc(Cl)c(CN2CCOC(C#N)C2)n1. The second-order valence-corrected chi connectivity index (χ2v) is 5.18. The van der Waals surface area contributed by atoms with E-state index in [1.165, 1.54) is 0 Å². The summed E-state index contributed by atoms with van der Waals surface area (Å²) in [7, 11) is 0. The zero-order chi connectivity index (χ0) is 14.4. The summed E-state index contributed by atoms with van der Waals surface area (Å²) in [6, 6.07) is 5.90. The molecule has 1 aliphatic heterocycles. The molecule has 1 atom stereocenters. The van der Waals surface area contributed by atoms with E-state index in [1.807, 2.05) is 12.1 Å². The van der Waals surface area contributed by atoms with Crippen LogP contribution in [-0.2, 0) is 11.3 Å². The highest BCUT2D eigenvalue weighted by Gasteiger charge is 2.21. The van der Waals surface area contributed by atoms with Crippen molar-refractivity contribution < 1.29 is 4.74 Å². The molecular weight excluding hydrogens is 276 g/mol. The molecule has 0 aromatic carbocycles. The maximum absolute atomic E-state index is 8.92. The van der Waals surface area contributed by atoms with Gasteiger partial charge in [0, 0.05) is 26.2 Å². The first-order chi connectivity index (χ1) is 9.72. The maximum atomic E-state index is 8.92. The van der Waals surface area contributed by atoms with Gasteiger partial charge in [0.1, 0.15) is 5.82 Å². The van der Waals surface area contributed by atoms with Gasteiger partial charge in [0.05, 0.1) is 23.4 Å². The molecule has 0 saturated carbocycles. The largest absolute Gasteiger partial charge is 0.370 e. The average molecular weight is 295 g/mol. The number of hydrogen-bond donors (Lipinski definition) is 1. The topological polar surface area (TPSA) is 61.2 Å². The van der Waals surface area contributed by atoms with E-state index in [0.717, 1.165) is 31.0 Å². The van der Waals surface area contributed by atoms with Gasteiger partial charge in [-0.15, -0.1) is 0 Å². The molecule has 1 aliphatic rings. The van der Waals surface area contributed by atoms with E-state index in [-0.39, 0.29) is 6.10 Å². The quantitative estimate of drug-likeness (QED) is 0.903. The van der Waals surface area contributed by atoms with Gasteiger partial charge in [0.25, 0.3) is 0 Å². The summed E-state index contributed by atoms with van der Waals surface area (Å²) in [6.45, 7) is 5.61. The van der Waals surface area contributed by atoms with Gasteiger partial charge in [-0.3, -0.25) is 4.90 Å². The van der Waals surface area contributed by atoms with Gasteiger partial charge in [-0.25, -0.2) is 4.98 Å². The van der Waals surface area contributed by atoms with Crippen LogP contribution in [0.2, 0.25) is 5.02 Å². The number of rotatable bonds is 5. The molecule has 1 aromatic heterocycles. The Balaban J connectivity index is 2.02. The number of morpholine rings is 1. The van der Waals surface area contributed by atoms with E-state index < -0.39 is 0 Å². The van der Waals surface area contributed by atoms with E-state index >= 15 is 0 Å². The van der Waals surface area contributed by atoms with E-state index in [1.54, 1.807) is 0 Å². The van der Waals surface area contributed by atoms with Crippen LogP contribution in [-0.4, -0.2) is 42.2 Å². The highest BCUT2D eigenvalue weighted by molar-refractivity contribution is 6.31. The van der Waals surface area contributed by atoms with Crippen molar-refractivity contribution >= 4 is 17.4 Å². The smallest absolute Gasteiger partial charge is 0.156 e. The second-order valence-electron chi connectivity index (χ2n) is 4.78. The van der Waals surface area contributed by atoms with Crippen LogP contribution in [0.25, 0.3) is 0 Å². The van der Waals surface area contributed by atoms with Crippen LogP contribution >= 0.6 is 11.6 Å². The van der Waals surface area contributed by atoms with Crippen molar-refractivity contribution in [2.24, 2.45) is 0 Å². The normalized spacial score (nSPS) is 19.6. The molecule has 1 saturated heterocycles. The van der Waals surface area contributed by atoms with Crippen molar-refractivity contribution in [2.75, 3.05) is 31.6 Å². The maximum Gasteiger partial charge on any atom is 0.156 e. The number of hydrogen-bond acceptors (Lipinski definition) is 5. The second kappa shape index (κ2) is 7.44. The van der Waals surface area contributed by atoms with E-state index in [2.05, 4.69) is 28.2 Å². The monoisotopic (exact) mass is 294 g/mol. The third kappa shape index (κ3) is 4.07. The summed E-state index contributed by atoms with van der Waals surface area (Å²) in [4.78, 5) is 6.69. The van der Waals surface area contributed by atoms with Crippen molar-refractivity contribution in [1.82, 2.24) is 9.88 Å². The van der Waals surface area contributed by atoms with E-state index in [0.29, 0.717) is 24.7 Å². The van der Waals surface area contributed by atoms with Gasteiger partial charge in [-0.05, 0) is 18.6 Å². The van der Waals surface area contributed by atoms with Crippen molar-refractivity contribution in [1.29, 1.82) is 5.26 Å². The Hall–Kier alpha value is -1.35. The van der Waals surface area contributed by atoms with Crippen LogP contribution in [0.4, 0.5) is 5.82 Å². The molecule has 1 fully saturated rings. The molecule has 2 rings (SSSR count). The Morgan fingerprint density at radius 3 is 3.20 bits per heavy atom. The number of halogens is 1. The minimum atomic E-state index is -0.357. The first-order valence-electron chi connectivity index (χ1n) is 6.85. The number of anilines is 1. The van der Waals surface area contributed by atoms with Gasteiger partial charge in [-0.1, -0.05) is 18.5 Å². The lowest BCUT2D eigenvalue weighted by Gasteiger charge is -2.29. The van der Waals surface area contributed by atoms with E-state index in [9.17, 15) is 0 Å². The van der Waals surface area contributed by atoms with Crippen molar-refractivity contribution in [3.05, 3.63) is 22.8 Å². The number of nitrogens with one attached hydrogen (secondary N) is 1. The summed E-state index contributed by atoms with van der Waals surface area (Å²) >= 11 is 6.21. The lowest BCUT2D eigenvalue weighted by Crippen LogP contribution is -2.41. The lowest BCUT2D eigenvalue weighted by atomic mass is 10.2. The first-order valence-corrected chi connectivity index (χ1v) is 7.23. The van der Waals surface area contributed by atoms with Gasteiger partial charge in [0.15, 0.2) is 6.10 Å². The third-order valence-corrected chi connectivity index (χ3v) is 3.49. The molecule has 2 heterocycles. The molecule has 1 unspecified atom stereocenters. The Bertz CT molecular complexity index is 489. The summed E-state index contributed by atoms with van der Waals surface area (Å²) in [5, 5.41) is 12.8. The summed E-state index contributed by atoms with van der Waals surface area (Å²) < 4.78 is 5.33. The molecular formula is C14H19ClN4O. The van der Waals surface area contributed by atoms with Crippen molar-refractivity contribution in [3.63, 3.8) is 0 Å². The van der Waals surface area contributed by atoms with Crippen LogP contribution in [0.1, 0.15) is 19.0 Å². The Morgan fingerprint density at radius 1 is 1.60 bits per heavy atom. The fourth-order valence-corrected chi connectivity index (χ4v) is 2.25. The third-order valence-electron chi connectivity index (χ3n) is 3.14. The molecule has 1 aromatic rings. The summed E-state index contributed by atoms with van der Waals surface area (Å²) in [5.41, 5.74) is 0.839. The highest BCUT2D eigenvalue weighted by Crippen LogP contribution is 2.19. The number of ether oxygens (including phenoxy) is 1. The zero-order valence-corrected chi connectivity index (χ0v) is 12.4. The molecule has 0 bridgehead atoms. The Labute approximate surface area is 124 Å². The van der Waals surface area contributed by atoms with Crippen LogP contribution in [0.3, 0.4) is 0 Å². The number of aromatic nitrogens is 1.